The van der Waals surface area contributed by atoms with Crippen LogP contribution in [0.1, 0.15) is 19.3 Å². The molecule has 1 fully saturated rings. The number of amides is 1. The Kier molecular flexibility index (Phi) is 5.84. The quantitative estimate of drug-likeness (QED) is 0.848. The van der Waals surface area contributed by atoms with E-state index in [9.17, 15) is 4.79 Å². The minimum atomic E-state index is 0. The van der Waals surface area contributed by atoms with Gasteiger partial charge in [-0.1, -0.05) is 24.6 Å². The van der Waals surface area contributed by atoms with Crippen molar-refractivity contribution in [2.75, 3.05) is 18.4 Å². The van der Waals surface area contributed by atoms with Gasteiger partial charge in [-0.3, -0.25) is 4.79 Å². The van der Waals surface area contributed by atoms with Gasteiger partial charge in [-0.05, 0) is 30.9 Å². The van der Waals surface area contributed by atoms with Crippen molar-refractivity contribution in [1.82, 2.24) is 5.32 Å². The molecule has 0 atom stereocenters. The summed E-state index contributed by atoms with van der Waals surface area (Å²) in [6.45, 7) is 1.20. The molecular weight excluding hydrogens is 236 g/mol. The maximum absolute atomic E-state index is 11.5. The van der Waals surface area contributed by atoms with E-state index >= 15 is 0 Å². The van der Waals surface area contributed by atoms with Crippen LogP contribution in [0, 0.1) is 5.92 Å². The molecule has 1 aliphatic carbocycles. The van der Waals surface area contributed by atoms with Crippen LogP contribution in [-0.2, 0) is 4.79 Å². The Bertz CT molecular complexity index is 339. The van der Waals surface area contributed by atoms with Crippen LogP contribution in [0.15, 0.2) is 30.3 Å². The Balaban J connectivity index is 0.00000144. The maximum atomic E-state index is 11.5. The Labute approximate surface area is 108 Å². The minimum absolute atomic E-state index is 0. The first-order chi connectivity index (χ1) is 7.84. The Morgan fingerprint density at radius 2 is 1.94 bits per heavy atom. The second kappa shape index (κ2) is 7.17. The molecule has 3 nitrogen and oxygen atoms in total. The molecule has 4 heteroatoms. The predicted molar refractivity (Wildman–Crippen MR) is 72.5 cm³/mol. The summed E-state index contributed by atoms with van der Waals surface area (Å²) in [6, 6.07) is 9.78. The van der Waals surface area contributed by atoms with Crippen molar-refractivity contribution in [1.29, 1.82) is 0 Å². The number of anilines is 1. The van der Waals surface area contributed by atoms with E-state index in [1.807, 2.05) is 30.3 Å². The third kappa shape index (κ3) is 4.65. The number of carbonyl (C=O) groups is 1. The van der Waals surface area contributed by atoms with Gasteiger partial charge in [0.05, 0.1) is 6.54 Å². The van der Waals surface area contributed by atoms with Crippen LogP contribution in [0.5, 0.6) is 0 Å². The van der Waals surface area contributed by atoms with E-state index in [0.29, 0.717) is 6.54 Å². The molecular formula is C13H19ClN2O. The van der Waals surface area contributed by atoms with Crippen LogP contribution in [0.3, 0.4) is 0 Å². The molecule has 0 saturated heterocycles. The van der Waals surface area contributed by atoms with Crippen molar-refractivity contribution in [3.05, 3.63) is 30.3 Å². The van der Waals surface area contributed by atoms with Crippen LogP contribution in [0.4, 0.5) is 5.69 Å². The summed E-state index contributed by atoms with van der Waals surface area (Å²) in [5.74, 6) is 0.802. The summed E-state index contributed by atoms with van der Waals surface area (Å²) in [6.07, 6.45) is 3.86. The summed E-state index contributed by atoms with van der Waals surface area (Å²) in [7, 11) is 0. The van der Waals surface area contributed by atoms with E-state index in [0.717, 1.165) is 18.2 Å². The van der Waals surface area contributed by atoms with Crippen LogP contribution in [0.25, 0.3) is 0 Å². The van der Waals surface area contributed by atoms with Gasteiger partial charge in [0.2, 0.25) is 5.91 Å². The molecule has 1 amide bonds. The largest absolute Gasteiger partial charge is 0.376 e. The topological polar surface area (TPSA) is 41.1 Å². The van der Waals surface area contributed by atoms with Gasteiger partial charge in [0.15, 0.2) is 0 Å². The first-order valence-corrected chi connectivity index (χ1v) is 5.90. The normalized spacial score (nSPS) is 14.4. The third-order valence-corrected chi connectivity index (χ3v) is 3.04. The van der Waals surface area contributed by atoms with Gasteiger partial charge in [0.1, 0.15) is 0 Å². The maximum Gasteiger partial charge on any atom is 0.239 e. The SMILES string of the molecule is Cl.O=C(CNc1ccccc1)NCC1CCC1. The monoisotopic (exact) mass is 254 g/mol. The van der Waals surface area contributed by atoms with E-state index in [4.69, 9.17) is 0 Å². The van der Waals surface area contributed by atoms with Crippen molar-refractivity contribution < 1.29 is 4.79 Å². The zero-order chi connectivity index (χ0) is 11.2. The number of hydrogen-bond donors (Lipinski definition) is 2. The fourth-order valence-electron chi connectivity index (χ4n) is 1.76. The van der Waals surface area contributed by atoms with Gasteiger partial charge < -0.3 is 10.6 Å². The summed E-state index contributed by atoms with van der Waals surface area (Å²) >= 11 is 0. The zero-order valence-electron chi connectivity index (χ0n) is 9.82. The van der Waals surface area contributed by atoms with Gasteiger partial charge in [-0.25, -0.2) is 0 Å². The van der Waals surface area contributed by atoms with Gasteiger partial charge in [-0.15, -0.1) is 12.4 Å². The van der Waals surface area contributed by atoms with Gasteiger partial charge in [0, 0.05) is 12.2 Å². The minimum Gasteiger partial charge on any atom is -0.376 e. The molecule has 94 valence electrons. The Morgan fingerprint density at radius 3 is 2.53 bits per heavy atom. The van der Waals surface area contributed by atoms with Crippen LogP contribution >= 0.6 is 12.4 Å². The van der Waals surface area contributed by atoms with Gasteiger partial charge in [-0.2, -0.15) is 0 Å². The number of nitrogens with one attached hydrogen (secondary N) is 2. The van der Waals surface area contributed by atoms with Gasteiger partial charge in [0.25, 0.3) is 0 Å². The third-order valence-electron chi connectivity index (χ3n) is 3.04. The first kappa shape index (κ1) is 13.8. The van der Waals surface area contributed by atoms with E-state index in [1.54, 1.807) is 0 Å². The highest BCUT2D eigenvalue weighted by molar-refractivity contribution is 5.85. The summed E-state index contributed by atoms with van der Waals surface area (Å²) < 4.78 is 0. The lowest BCUT2D eigenvalue weighted by Crippen LogP contribution is -2.35. The fraction of sp³-hybridized carbons (Fsp3) is 0.462. The Hall–Kier alpha value is -1.22. The molecule has 1 saturated carbocycles. The highest BCUT2D eigenvalue weighted by Gasteiger charge is 2.17. The van der Waals surface area contributed by atoms with Crippen molar-refractivity contribution in [3.8, 4) is 0 Å². The molecule has 1 aromatic rings. The molecule has 0 unspecified atom stereocenters. The number of hydrogen-bond acceptors (Lipinski definition) is 2. The van der Waals surface area contributed by atoms with E-state index in [1.165, 1.54) is 19.3 Å². The standard InChI is InChI=1S/C13H18N2O.ClH/c16-13(15-9-11-5-4-6-11)10-14-12-7-2-1-3-8-12;/h1-3,7-8,11,14H,4-6,9-10H2,(H,15,16);1H. The summed E-state index contributed by atoms with van der Waals surface area (Å²) in [5, 5.41) is 6.05. The van der Waals surface area contributed by atoms with Crippen molar-refractivity contribution >= 4 is 24.0 Å². The number of para-hydroxylation sites is 1. The van der Waals surface area contributed by atoms with Crippen molar-refractivity contribution in [3.63, 3.8) is 0 Å². The number of rotatable bonds is 5. The Morgan fingerprint density at radius 1 is 1.24 bits per heavy atom. The number of benzene rings is 1. The van der Waals surface area contributed by atoms with E-state index in [-0.39, 0.29) is 18.3 Å². The predicted octanol–water partition coefficient (Wildman–Crippen LogP) is 2.44. The number of carbonyl (C=O) groups excluding carboxylic acids is 1. The molecule has 0 spiro atoms. The average Bonchev–Trinajstić information content (AvgIpc) is 2.26. The zero-order valence-corrected chi connectivity index (χ0v) is 10.6. The molecule has 2 N–H and O–H groups in total. The summed E-state index contributed by atoms with van der Waals surface area (Å²) in [5.41, 5.74) is 0.987. The highest BCUT2D eigenvalue weighted by atomic mass is 35.5. The fourth-order valence-corrected chi connectivity index (χ4v) is 1.76. The van der Waals surface area contributed by atoms with Gasteiger partial charge >= 0.3 is 0 Å². The second-order valence-electron chi connectivity index (χ2n) is 4.32. The van der Waals surface area contributed by atoms with E-state index < -0.39 is 0 Å². The lowest BCUT2D eigenvalue weighted by molar-refractivity contribution is -0.119. The molecule has 2 rings (SSSR count). The molecule has 0 radical (unpaired) electrons. The van der Waals surface area contributed by atoms with E-state index in [2.05, 4.69) is 10.6 Å². The molecule has 0 bridgehead atoms. The lowest BCUT2D eigenvalue weighted by Gasteiger charge is -2.25. The average molecular weight is 255 g/mol. The highest BCUT2D eigenvalue weighted by Crippen LogP contribution is 2.24. The second-order valence-corrected chi connectivity index (χ2v) is 4.32. The van der Waals surface area contributed by atoms with Crippen molar-refractivity contribution in [2.45, 2.75) is 19.3 Å². The first-order valence-electron chi connectivity index (χ1n) is 5.90. The smallest absolute Gasteiger partial charge is 0.239 e. The van der Waals surface area contributed by atoms with Crippen LogP contribution in [-0.4, -0.2) is 19.0 Å². The number of halogens is 1. The molecule has 0 heterocycles. The molecule has 1 aliphatic rings. The van der Waals surface area contributed by atoms with Crippen molar-refractivity contribution in [2.24, 2.45) is 5.92 Å². The van der Waals surface area contributed by atoms with Crippen LogP contribution < -0.4 is 10.6 Å². The molecule has 1 aromatic carbocycles. The molecule has 0 aromatic heterocycles. The molecule has 17 heavy (non-hydrogen) atoms. The van der Waals surface area contributed by atoms with Crippen LogP contribution in [0.2, 0.25) is 0 Å². The lowest BCUT2D eigenvalue weighted by atomic mass is 9.85. The summed E-state index contributed by atoms with van der Waals surface area (Å²) in [4.78, 5) is 11.5. The molecule has 0 aliphatic heterocycles.